The van der Waals surface area contributed by atoms with Gasteiger partial charge in [0, 0.05) is 5.02 Å². The van der Waals surface area contributed by atoms with Crippen molar-refractivity contribution < 1.29 is 8.76 Å². The Balaban J connectivity index is 0.00000144. The Bertz CT molecular complexity index is 322. The Morgan fingerprint density at radius 2 is 1.54 bits per heavy atom. The predicted molar refractivity (Wildman–Crippen MR) is 57.7 cm³/mol. The van der Waals surface area contributed by atoms with Crippen LogP contribution in [0.5, 0.6) is 0 Å². The van der Waals surface area contributed by atoms with Gasteiger partial charge in [0.15, 0.2) is 11.1 Å². The van der Waals surface area contributed by atoms with Gasteiger partial charge in [-0.3, -0.25) is 0 Å². The monoisotopic (exact) mass is 268 g/mol. The fraction of sp³-hybridized carbons (Fsp3) is 0. The van der Waals surface area contributed by atoms with E-state index in [1.54, 1.807) is 0 Å². The Morgan fingerprint density at radius 3 is 1.85 bits per heavy atom. The van der Waals surface area contributed by atoms with Gasteiger partial charge in [-0.25, -0.2) is 4.21 Å². The van der Waals surface area contributed by atoms with E-state index in [-0.39, 0.29) is 44.5 Å². The van der Waals surface area contributed by atoms with Crippen molar-refractivity contribution >= 4 is 75.4 Å². The van der Waals surface area contributed by atoms with Crippen LogP contribution in [0.3, 0.4) is 0 Å². The first-order valence-electron chi connectivity index (χ1n) is 2.78. The van der Waals surface area contributed by atoms with Gasteiger partial charge in [0.25, 0.3) is 0 Å². The molecule has 0 fully saturated rings. The van der Waals surface area contributed by atoms with Crippen LogP contribution in [0.1, 0.15) is 0 Å². The molecule has 0 heterocycles. The molecule has 2 nitrogen and oxygen atoms in total. The van der Waals surface area contributed by atoms with Crippen LogP contribution in [0.25, 0.3) is 0 Å². The van der Waals surface area contributed by atoms with Crippen molar-refractivity contribution in [3.05, 3.63) is 27.2 Å². The summed E-state index contributed by atoms with van der Waals surface area (Å²) in [6.45, 7) is 0. The van der Waals surface area contributed by atoms with Crippen molar-refractivity contribution in [3.63, 3.8) is 0 Å². The minimum atomic E-state index is -2.18. The molecule has 0 aliphatic heterocycles. The van der Waals surface area contributed by atoms with E-state index in [1.807, 2.05) is 0 Å². The maximum absolute atomic E-state index is 10.7. The second-order valence-corrected chi connectivity index (χ2v) is 4.11. The molecule has 7 heteroatoms. The predicted octanol–water partition coefficient (Wildman–Crippen LogP) is 2.58. The Morgan fingerprint density at radius 1 is 1.15 bits per heavy atom. The van der Waals surface area contributed by atoms with Crippen LogP contribution in [-0.2, 0) is 11.1 Å². The number of benzene rings is 1. The average molecular weight is 270 g/mol. The maximum atomic E-state index is 10.7. The van der Waals surface area contributed by atoms with Crippen LogP contribution in [-0.4, -0.2) is 38.3 Å². The van der Waals surface area contributed by atoms with Crippen molar-refractivity contribution in [1.29, 1.82) is 0 Å². The molecule has 0 aliphatic rings. The summed E-state index contributed by atoms with van der Waals surface area (Å²) in [7, 11) is 0. The molecule has 0 aliphatic carbocycles. The van der Waals surface area contributed by atoms with Gasteiger partial charge in [-0.1, -0.05) is 34.8 Å². The fourth-order valence-corrected chi connectivity index (χ4v) is 2.36. The molecular weight excluding hydrogens is 265 g/mol. The van der Waals surface area contributed by atoms with Gasteiger partial charge in [0.05, 0.1) is 10.0 Å². The van der Waals surface area contributed by atoms with E-state index in [2.05, 4.69) is 0 Å². The van der Waals surface area contributed by atoms with E-state index in [4.69, 9.17) is 39.4 Å². The quantitative estimate of drug-likeness (QED) is 0.628. The van der Waals surface area contributed by atoms with Crippen molar-refractivity contribution in [2.75, 3.05) is 0 Å². The molecule has 0 bridgehead atoms. The Labute approximate surface area is 115 Å². The standard InChI is InChI=1S/C6H3Cl3O2S.Na.H/c7-3-1-4(8)6(12(10)11)5(9)2-3;;/h1-2H,(H,10,11);;. The third-order valence-electron chi connectivity index (χ3n) is 1.14. The number of hydrogen-bond donors (Lipinski definition) is 1. The second-order valence-electron chi connectivity index (χ2n) is 1.95. The molecule has 68 valence electrons. The fourth-order valence-electron chi connectivity index (χ4n) is 0.696. The van der Waals surface area contributed by atoms with E-state index in [9.17, 15) is 4.21 Å². The molecule has 1 aromatic carbocycles. The van der Waals surface area contributed by atoms with Gasteiger partial charge in [0.2, 0.25) is 0 Å². The number of hydrogen-bond acceptors (Lipinski definition) is 1. The third kappa shape index (κ3) is 3.68. The van der Waals surface area contributed by atoms with E-state index < -0.39 is 11.1 Å². The normalized spacial score (nSPS) is 12.0. The summed E-state index contributed by atoms with van der Waals surface area (Å²) in [6, 6.07) is 2.72. The van der Waals surface area contributed by atoms with Crippen LogP contribution in [0.4, 0.5) is 0 Å². The molecule has 0 radical (unpaired) electrons. The van der Waals surface area contributed by atoms with Gasteiger partial charge >= 0.3 is 29.6 Å². The molecule has 1 rings (SSSR count). The van der Waals surface area contributed by atoms with Crippen molar-refractivity contribution in [2.24, 2.45) is 0 Å². The molecule has 0 saturated carbocycles. The van der Waals surface area contributed by atoms with Crippen LogP contribution < -0.4 is 0 Å². The summed E-state index contributed by atoms with van der Waals surface area (Å²) in [4.78, 5) is -0.0114. The topological polar surface area (TPSA) is 37.3 Å². The molecule has 1 N–H and O–H groups in total. The molecule has 1 aromatic rings. The summed E-state index contributed by atoms with van der Waals surface area (Å²) < 4.78 is 19.4. The second kappa shape index (κ2) is 5.93. The summed E-state index contributed by atoms with van der Waals surface area (Å²) in [6.07, 6.45) is 0. The zero-order valence-electron chi connectivity index (χ0n) is 5.55. The Kier molecular flexibility index (Phi) is 6.48. The van der Waals surface area contributed by atoms with Gasteiger partial charge < -0.3 is 4.55 Å². The van der Waals surface area contributed by atoms with Crippen molar-refractivity contribution in [3.8, 4) is 0 Å². The number of halogens is 3. The molecule has 0 saturated heterocycles. The van der Waals surface area contributed by atoms with E-state index in [0.29, 0.717) is 5.02 Å². The van der Waals surface area contributed by atoms with Crippen LogP contribution in [0, 0.1) is 0 Å². The minimum absolute atomic E-state index is 0. The van der Waals surface area contributed by atoms with Crippen molar-refractivity contribution in [2.45, 2.75) is 4.90 Å². The zero-order chi connectivity index (χ0) is 9.30. The SMILES string of the molecule is O=S(O)c1c(Cl)cc(Cl)cc1Cl.[NaH]. The molecule has 1 atom stereocenters. The molecule has 1 unspecified atom stereocenters. The third-order valence-corrected chi connectivity index (χ3v) is 2.97. The average Bonchev–Trinajstić information content (AvgIpc) is 1.82. The first kappa shape index (κ1) is 14.2. The van der Waals surface area contributed by atoms with Crippen molar-refractivity contribution in [1.82, 2.24) is 0 Å². The Hall–Kier alpha value is 1.20. The molecular formula is C6H4Cl3NaO2S. The van der Waals surface area contributed by atoms with E-state index in [1.165, 1.54) is 12.1 Å². The first-order valence-corrected chi connectivity index (χ1v) is 5.02. The van der Waals surface area contributed by atoms with Gasteiger partial charge in [-0.15, -0.1) is 0 Å². The zero-order valence-corrected chi connectivity index (χ0v) is 8.64. The van der Waals surface area contributed by atoms with Gasteiger partial charge in [-0.05, 0) is 12.1 Å². The first-order chi connectivity index (χ1) is 5.52. The van der Waals surface area contributed by atoms with Gasteiger partial charge in [0.1, 0.15) is 4.90 Å². The summed E-state index contributed by atoms with van der Waals surface area (Å²) in [5.41, 5.74) is 0. The summed E-state index contributed by atoms with van der Waals surface area (Å²) >= 11 is 14.6. The molecule has 0 spiro atoms. The molecule has 0 aromatic heterocycles. The van der Waals surface area contributed by atoms with Gasteiger partial charge in [-0.2, -0.15) is 0 Å². The summed E-state index contributed by atoms with van der Waals surface area (Å²) in [5.74, 6) is 0. The van der Waals surface area contributed by atoms with E-state index >= 15 is 0 Å². The molecule has 13 heavy (non-hydrogen) atoms. The van der Waals surface area contributed by atoms with Crippen LogP contribution in [0.2, 0.25) is 15.1 Å². The van der Waals surface area contributed by atoms with E-state index in [0.717, 1.165) is 0 Å². The van der Waals surface area contributed by atoms with Crippen LogP contribution >= 0.6 is 34.8 Å². The molecule has 0 amide bonds. The van der Waals surface area contributed by atoms with Crippen LogP contribution in [0.15, 0.2) is 17.0 Å². The number of rotatable bonds is 1. The summed E-state index contributed by atoms with van der Waals surface area (Å²) in [5, 5.41) is 0.515.